The fraction of sp³-hybridized carbons (Fsp3) is 0.318. The van der Waals surface area contributed by atoms with E-state index in [1.54, 1.807) is 11.3 Å². The molecule has 2 N–H and O–H groups in total. The number of benzene rings is 2. The van der Waals surface area contributed by atoms with Gasteiger partial charge < -0.3 is 10.6 Å². The Morgan fingerprint density at radius 2 is 1.96 bits per heavy atom. The highest BCUT2D eigenvalue weighted by molar-refractivity contribution is 7.16. The van der Waals surface area contributed by atoms with Crippen LogP contribution in [0.1, 0.15) is 52.3 Å². The molecule has 0 bridgehead atoms. The second-order valence-electron chi connectivity index (χ2n) is 7.34. The quantitative estimate of drug-likeness (QED) is 0.652. The van der Waals surface area contributed by atoms with E-state index in [0.717, 1.165) is 34.9 Å². The lowest BCUT2D eigenvalue weighted by molar-refractivity contribution is 0.0935. The maximum atomic E-state index is 12.9. The highest BCUT2D eigenvalue weighted by Crippen LogP contribution is 2.43. The Morgan fingerprint density at radius 1 is 1.12 bits per heavy atom. The van der Waals surface area contributed by atoms with Crippen LogP contribution >= 0.6 is 11.3 Å². The van der Waals surface area contributed by atoms with Gasteiger partial charge in [0.25, 0.3) is 5.91 Å². The molecule has 3 aromatic rings. The molecule has 0 saturated heterocycles. The Bertz CT molecular complexity index is 1000. The van der Waals surface area contributed by atoms with E-state index in [9.17, 15) is 4.79 Å². The number of carbonyl (C=O) groups excluding carboxylic acids is 1. The zero-order valence-corrected chi connectivity index (χ0v) is 15.7. The molecule has 0 radical (unpaired) electrons. The van der Waals surface area contributed by atoms with Crippen LogP contribution in [0.25, 0.3) is 10.8 Å². The van der Waals surface area contributed by atoms with Crippen LogP contribution in [0, 0.1) is 5.92 Å². The molecule has 1 amide bonds. The van der Waals surface area contributed by atoms with Gasteiger partial charge >= 0.3 is 0 Å². The second kappa shape index (κ2) is 6.13. The minimum absolute atomic E-state index is 0.0733. The van der Waals surface area contributed by atoms with E-state index in [4.69, 9.17) is 0 Å². The molecule has 132 valence electrons. The molecule has 2 aliphatic rings. The number of amides is 1. The van der Waals surface area contributed by atoms with Crippen LogP contribution in [-0.2, 0) is 12.8 Å². The molecule has 1 aliphatic carbocycles. The van der Waals surface area contributed by atoms with Gasteiger partial charge in [-0.1, -0.05) is 55.8 Å². The average molecular weight is 362 g/mol. The van der Waals surface area contributed by atoms with Gasteiger partial charge in [0.15, 0.2) is 0 Å². The molecule has 1 aliphatic heterocycles. The highest BCUT2D eigenvalue weighted by Gasteiger charge is 2.33. The van der Waals surface area contributed by atoms with Crippen molar-refractivity contribution in [2.24, 2.45) is 5.92 Å². The van der Waals surface area contributed by atoms with E-state index in [1.807, 2.05) is 0 Å². The molecule has 0 fully saturated rings. The normalized spacial score (nSPS) is 21.7. The smallest absolute Gasteiger partial charge is 0.256 e. The third-order valence-electron chi connectivity index (χ3n) is 5.86. The third kappa shape index (κ3) is 2.43. The van der Waals surface area contributed by atoms with E-state index < -0.39 is 0 Å². The Hall–Kier alpha value is -2.33. The second-order valence-corrected chi connectivity index (χ2v) is 8.45. The zero-order valence-electron chi connectivity index (χ0n) is 14.8. The maximum Gasteiger partial charge on any atom is 0.256 e. The summed E-state index contributed by atoms with van der Waals surface area (Å²) in [6, 6.07) is 14.6. The predicted molar refractivity (Wildman–Crippen MR) is 108 cm³/mol. The minimum atomic E-state index is -0.178. The summed E-state index contributed by atoms with van der Waals surface area (Å²) in [7, 11) is 0. The van der Waals surface area contributed by atoms with Crippen molar-refractivity contribution in [3.8, 4) is 0 Å². The summed E-state index contributed by atoms with van der Waals surface area (Å²) in [4.78, 5) is 14.4. The van der Waals surface area contributed by atoms with Crippen LogP contribution < -0.4 is 10.6 Å². The Morgan fingerprint density at radius 3 is 2.85 bits per heavy atom. The van der Waals surface area contributed by atoms with Gasteiger partial charge in [0.05, 0.1) is 5.56 Å². The topological polar surface area (TPSA) is 41.1 Å². The SMILES string of the molecule is CC[C@H]1CCc2c(sc3c2C(=O)N[C@H](c2cccc4ccccc24)N3)C1. The summed E-state index contributed by atoms with van der Waals surface area (Å²) in [6.07, 6.45) is 4.40. The van der Waals surface area contributed by atoms with Crippen LogP contribution in [0.4, 0.5) is 5.00 Å². The van der Waals surface area contributed by atoms with Gasteiger partial charge in [-0.15, -0.1) is 11.3 Å². The molecule has 3 nitrogen and oxygen atoms in total. The molecule has 2 heterocycles. The summed E-state index contributed by atoms with van der Waals surface area (Å²) in [6.45, 7) is 2.27. The first-order chi connectivity index (χ1) is 12.7. The fourth-order valence-electron chi connectivity index (χ4n) is 4.37. The summed E-state index contributed by atoms with van der Waals surface area (Å²) in [5, 5.41) is 10.2. The van der Waals surface area contributed by atoms with Crippen molar-refractivity contribution < 1.29 is 4.79 Å². The lowest BCUT2D eigenvalue weighted by Crippen LogP contribution is -2.38. The summed E-state index contributed by atoms with van der Waals surface area (Å²) in [5.41, 5.74) is 3.31. The number of hydrogen-bond acceptors (Lipinski definition) is 3. The first kappa shape index (κ1) is 15.9. The van der Waals surface area contributed by atoms with Crippen molar-refractivity contribution >= 4 is 33.0 Å². The molecule has 1 aromatic heterocycles. The van der Waals surface area contributed by atoms with Gasteiger partial charge in [-0.3, -0.25) is 4.79 Å². The largest absolute Gasteiger partial charge is 0.353 e. The van der Waals surface area contributed by atoms with Gasteiger partial charge in [0.2, 0.25) is 0 Å². The third-order valence-corrected chi connectivity index (χ3v) is 7.04. The molecule has 0 saturated carbocycles. The molecule has 2 atom stereocenters. The molecule has 5 rings (SSSR count). The molecule has 0 spiro atoms. The van der Waals surface area contributed by atoms with E-state index in [-0.39, 0.29) is 12.1 Å². The first-order valence-electron chi connectivity index (χ1n) is 9.44. The van der Waals surface area contributed by atoms with Gasteiger partial charge in [-0.25, -0.2) is 0 Å². The molecular formula is C22H22N2OS. The maximum absolute atomic E-state index is 12.9. The van der Waals surface area contributed by atoms with Crippen molar-refractivity contribution in [3.05, 3.63) is 64.0 Å². The lowest BCUT2D eigenvalue weighted by atomic mass is 9.85. The van der Waals surface area contributed by atoms with Gasteiger partial charge in [0.1, 0.15) is 11.2 Å². The zero-order chi connectivity index (χ0) is 17.7. The first-order valence-corrected chi connectivity index (χ1v) is 10.3. The van der Waals surface area contributed by atoms with E-state index >= 15 is 0 Å². The molecular weight excluding hydrogens is 340 g/mol. The molecule has 4 heteroatoms. The number of hydrogen-bond donors (Lipinski definition) is 2. The monoisotopic (exact) mass is 362 g/mol. The van der Waals surface area contributed by atoms with Crippen molar-refractivity contribution in [3.63, 3.8) is 0 Å². The summed E-state index contributed by atoms with van der Waals surface area (Å²) in [5.74, 6) is 0.837. The van der Waals surface area contributed by atoms with Crippen LogP contribution in [0.2, 0.25) is 0 Å². The van der Waals surface area contributed by atoms with E-state index in [0.29, 0.717) is 0 Å². The number of thiophene rings is 1. The standard InChI is InChI=1S/C22H22N2OS/c1-2-13-10-11-17-18(12-13)26-22-19(17)21(25)23-20(24-22)16-9-5-7-14-6-3-4-8-15(14)16/h3-9,13,20,24H,2,10-12H2,1H3,(H,23,25)/t13-,20-/m0/s1. The minimum Gasteiger partial charge on any atom is -0.353 e. The number of anilines is 1. The van der Waals surface area contributed by atoms with E-state index in [2.05, 4.69) is 60.0 Å². The van der Waals surface area contributed by atoms with Crippen molar-refractivity contribution in [2.45, 2.75) is 38.8 Å². The number of rotatable bonds is 2. The molecule has 26 heavy (non-hydrogen) atoms. The van der Waals surface area contributed by atoms with Crippen molar-refractivity contribution in [1.29, 1.82) is 0 Å². The number of carbonyl (C=O) groups is 1. The summed E-state index contributed by atoms with van der Waals surface area (Å²) >= 11 is 1.79. The van der Waals surface area contributed by atoms with Gasteiger partial charge in [-0.05, 0) is 41.5 Å². The van der Waals surface area contributed by atoms with Crippen molar-refractivity contribution in [1.82, 2.24) is 5.32 Å². The van der Waals surface area contributed by atoms with Crippen LogP contribution in [0.15, 0.2) is 42.5 Å². The van der Waals surface area contributed by atoms with Crippen LogP contribution in [0.5, 0.6) is 0 Å². The lowest BCUT2D eigenvalue weighted by Gasteiger charge is -2.28. The number of nitrogens with one attached hydrogen (secondary N) is 2. The Labute approximate surface area is 157 Å². The predicted octanol–water partition coefficient (Wildman–Crippen LogP) is 5.27. The van der Waals surface area contributed by atoms with Gasteiger partial charge in [-0.2, -0.15) is 0 Å². The van der Waals surface area contributed by atoms with Crippen molar-refractivity contribution in [2.75, 3.05) is 5.32 Å². The molecule has 2 aromatic carbocycles. The highest BCUT2D eigenvalue weighted by atomic mass is 32.1. The Balaban J connectivity index is 1.55. The van der Waals surface area contributed by atoms with E-state index in [1.165, 1.54) is 34.1 Å². The van der Waals surface area contributed by atoms with Crippen LogP contribution in [-0.4, -0.2) is 5.91 Å². The fourth-order valence-corrected chi connectivity index (χ4v) is 5.76. The van der Waals surface area contributed by atoms with Crippen LogP contribution in [0.3, 0.4) is 0 Å². The summed E-state index contributed by atoms with van der Waals surface area (Å²) < 4.78 is 0. The van der Waals surface area contributed by atoms with Gasteiger partial charge in [0, 0.05) is 10.4 Å². The Kier molecular flexibility index (Phi) is 3.75. The number of fused-ring (bicyclic) bond motifs is 4. The average Bonchev–Trinajstić information content (AvgIpc) is 3.05. The molecule has 0 unspecified atom stereocenters.